The highest BCUT2D eigenvalue weighted by molar-refractivity contribution is 4.66. The first kappa shape index (κ1) is 8.92. The maximum absolute atomic E-state index is 7.18. The maximum Gasteiger partial charge on any atom is -0.00773 e. The highest BCUT2D eigenvalue weighted by Crippen LogP contribution is 2.03. The van der Waals surface area contributed by atoms with Gasteiger partial charge in [0.15, 0.2) is 0 Å². The molecular weight excluding hydrogens is 112 g/mol. The fourth-order valence-electron chi connectivity index (χ4n) is 0.772. The van der Waals surface area contributed by atoms with E-state index < -0.39 is 0 Å². The van der Waals surface area contributed by atoms with Crippen LogP contribution < -0.4 is 5.73 Å². The topological polar surface area (TPSA) is 49.8 Å². The molecule has 0 saturated carbocycles. The first-order chi connectivity index (χ1) is 4.27. The van der Waals surface area contributed by atoms with Crippen LogP contribution in [0.1, 0.15) is 32.6 Å². The van der Waals surface area contributed by atoms with Gasteiger partial charge in [-0.05, 0) is 13.0 Å². The minimum absolute atomic E-state index is 0.114. The predicted octanol–water partition coefficient (Wildman–Crippen LogP) is 1.95. The van der Waals surface area contributed by atoms with Crippen LogP contribution in [0.25, 0.3) is 5.73 Å². The second kappa shape index (κ2) is 6.05. The Bertz CT molecular complexity index is 52.9. The number of nitrogens with one attached hydrogen (secondary N) is 1. The summed E-state index contributed by atoms with van der Waals surface area (Å²) in [5.41, 5.74) is 12.5. The summed E-state index contributed by atoms with van der Waals surface area (Å²) in [5.74, 6) is 0. The lowest BCUT2D eigenvalue weighted by atomic mass is 10.1. The van der Waals surface area contributed by atoms with E-state index in [1.165, 1.54) is 12.8 Å². The largest absolute Gasteiger partial charge is 0.675 e. The monoisotopic (exact) mass is 129 g/mol. The van der Waals surface area contributed by atoms with Crippen molar-refractivity contribution in [2.24, 2.45) is 5.73 Å². The second-order valence-corrected chi connectivity index (χ2v) is 2.54. The van der Waals surface area contributed by atoms with Crippen molar-refractivity contribution >= 4 is 0 Å². The Kier molecular flexibility index (Phi) is 5.99. The summed E-state index contributed by atoms with van der Waals surface area (Å²) >= 11 is 0. The van der Waals surface area contributed by atoms with Gasteiger partial charge in [-0.3, -0.25) is 0 Å². The third-order valence-electron chi connectivity index (χ3n) is 1.34. The summed E-state index contributed by atoms with van der Waals surface area (Å²) in [4.78, 5) is 0. The van der Waals surface area contributed by atoms with Gasteiger partial charge in [0.25, 0.3) is 0 Å². The number of rotatable bonds is 5. The van der Waals surface area contributed by atoms with Gasteiger partial charge in [-0.2, -0.15) is 0 Å². The molecule has 0 amide bonds. The molecule has 1 atom stereocenters. The van der Waals surface area contributed by atoms with Gasteiger partial charge >= 0.3 is 0 Å². The zero-order valence-corrected chi connectivity index (χ0v) is 6.19. The number of nitrogens with two attached hydrogens (primary N) is 1. The molecule has 0 aromatic rings. The van der Waals surface area contributed by atoms with E-state index in [0.717, 1.165) is 19.4 Å². The summed E-state index contributed by atoms with van der Waals surface area (Å²) in [6.07, 6.45) is 4.51. The van der Waals surface area contributed by atoms with E-state index in [9.17, 15) is 0 Å². The Morgan fingerprint density at radius 1 is 1.33 bits per heavy atom. The normalized spacial score (nSPS) is 13.7. The zero-order chi connectivity index (χ0) is 7.11. The van der Waals surface area contributed by atoms with E-state index in [4.69, 9.17) is 11.5 Å². The molecule has 2 nitrogen and oxygen atoms in total. The van der Waals surface area contributed by atoms with E-state index >= 15 is 0 Å². The highest BCUT2D eigenvalue weighted by atomic mass is 14.6. The van der Waals surface area contributed by atoms with E-state index in [0.29, 0.717) is 0 Å². The summed E-state index contributed by atoms with van der Waals surface area (Å²) in [7, 11) is 0. The van der Waals surface area contributed by atoms with E-state index in [2.05, 4.69) is 0 Å². The van der Waals surface area contributed by atoms with Crippen LogP contribution in [0.3, 0.4) is 0 Å². The van der Waals surface area contributed by atoms with Crippen LogP contribution in [0.4, 0.5) is 0 Å². The molecule has 0 saturated heterocycles. The summed E-state index contributed by atoms with van der Waals surface area (Å²) < 4.78 is 0. The number of hydrogen-bond donors (Lipinski definition) is 1. The average molecular weight is 129 g/mol. The molecule has 0 aromatic carbocycles. The van der Waals surface area contributed by atoms with Crippen molar-refractivity contribution in [2.75, 3.05) is 6.54 Å². The Morgan fingerprint density at radius 2 is 2.00 bits per heavy atom. The molecule has 0 bridgehead atoms. The maximum atomic E-state index is 7.18. The molecule has 0 aliphatic rings. The Morgan fingerprint density at radius 3 is 2.44 bits per heavy atom. The Balaban J connectivity index is 2.75. The second-order valence-electron chi connectivity index (χ2n) is 2.54. The standard InChI is InChI=1S/C7H17N2/c1-7(9)5-3-2-4-6-8/h7,9H,2-6,8H2,1H3/q-1. The first-order valence-corrected chi connectivity index (χ1v) is 3.68. The predicted molar refractivity (Wildman–Crippen MR) is 41.3 cm³/mol. The van der Waals surface area contributed by atoms with Crippen molar-refractivity contribution in [3.63, 3.8) is 0 Å². The van der Waals surface area contributed by atoms with E-state index in [-0.39, 0.29) is 6.04 Å². The van der Waals surface area contributed by atoms with Crippen molar-refractivity contribution in [3.05, 3.63) is 5.73 Å². The Labute approximate surface area is 57.6 Å². The lowest BCUT2D eigenvalue weighted by molar-refractivity contribution is 0.622. The third-order valence-corrected chi connectivity index (χ3v) is 1.34. The lowest BCUT2D eigenvalue weighted by Gasteiger charge is -2.11. The molecule has 0 aromatic heterocycles. The van der Waals surface area contributed by atoms with Gasteiger partial charge in [0.2, 0.25) is 0 Å². The van der Waals surface area contributed by atoms with Crippen LogP contribution in [0.2, 0.25) is 0 Å². The van der Waals surface area contributed by atoms with Crippen LogP contribution in [0.5, 0.6) is 0 Å². The van der Waals surface area contributed by atoms with Crippen LogP contribution >= 0.6 is 0 Å². The van der Waals surface area contributed by atoms with Gasteiger partial charge in [-0.25, -0.2) is 0 Å². The van der Waals surface area contributed by atoms with Gasteiger partial charge in [-0.15, -0.1) is 6.04 Å². The minimum atomic E-state index is 0.114. The zero-order valence-electron chi connectivity index (χ0n) is 6.19. The molecule has 0 aliphatic heterocycles. The van der Waals surface area contributed by atoms with Crippen molar-refractivity contribution in [2.45, 2.75) is 38.6 Å². The van der Waals surface area contributed by atoms with Gasteiger partial charge in [0.05, 0.1) is 0 Å². The fraction of sp³-hybridized carbons (Fsp3) is 1.00. The average Bonchev–Trinajstić information content (AvgIpc) is 1.80. The van der Waals surface area contributed by atoms with Crippen molar-refractivity contribution in [3.8, 4) is 0 Å². The summed E-state index contributed by atoms with van der Waals surface area (Å²) in [6.45, 7) is 2.73. The highest BCUT2D eigenvalue weighted by Gasteiger charge is 1.87. The van der Waals surface area contributed by atoms with Crippen LogP contribution in [0.15, 0.2) is 0 Å². The van der Waals surface area contributed by atoms with Gasteiger partial charge in [0, 0.05) is 0 Å². The fourth-order valence-corrected chi connectivity index (χ4v) is 0.772. The smallest absolute Gasteiger partial charge is 0.00773 e. The lowest BCUT2D eigenvalue weighted by Crippen LogP contribution is -1.99. The van der Waals surface area contributed by atoms with E-state index in [1.807, 2.05) is 6.92 Å². The van der Waals surface area contributed by atoms with Crippen molar-refractivity contribution < 1.29 is 0 Å². The minimum Gasteiger partial charge on any atom is -0.675 e. The third kappa shape index (κ3) is 7.92. The molecule has 0 spiro atoms. The molecule has 0 radical (unpaired) electrons. The first-order valence-electron chi connectivity index (χ1n) is 3.68. The quantitative estimate of drug-likeness (QED) is 0.567. The summed E-state index contributed by atoms with van der Waals surface area (Å²) in [5, 5.41) is 0. The molecule has 0 fully saturated rings. The Hall–Kier alpha value is -0.0800. The number of hydrogen-bond acceptors (Lipinski definition) is 1. The van der Waals surface area contributed by atoms with Gasteiger partial charge < -0.3 is 11.5 Å². The SMILES string of the molecule is CC([NH-])CCCCCN. The molecule has 56 valence electrons. The van der Waals surface area contributed by atoms with Gasteiger partial charge in [-0.1, -0.05) is 26.2 Å². The van der Waals surface area contributed by atoms with Crippen molar-refractivity contribution in [1.29, 1.82) is 0 Å². The molecule has 3 N–H and O–H groups in total. The number of unbranched alkanes of at least 4 members (excludes halogenated alkanes) is 2. The van der Waals surface area contributed by atoms with Crippen LogP contribution in [0, 0.1) is 0 Å². The molecule has 0 aliphatic carbocycles. The van der Waals surface area contributed by atoms with Gasteiger partial charge in [0.1, 0.15) is 0 Å². The molecule has 0 rings (SSSR count). The molecule has 1 unspecified atom stereocenters. The molecular formula is C7H17N2-. The summed E-state index contributed by atoms with van der Waals surface area (Å²) in [6, 6.07) is 0.114. The van der Waals surface area contributed by atoms with E-state index in [1.54, 1.807) is 0 Å². The van der Waals surface area contributed by atoms with Crippen LogP contribution in [-0.2, 0) is 0 Å². The van der Waals surface area contributed by atoms with Crippen LogP contribution in [-0.4, -0.2) is 12.6 Å². The molecule has 2 heteroatoms. The molecule has 0 heterocycles. The van der Waals surface area contributed by atoms with Crippen molar-refractivity contribution in [1.82, 2.24) is 0 Å². The molecule has 9 heavy (non-hydrogen) atoms.